The largest absolute Gasteiger partial charge is 0.508 e. The van der Waals surface area contributed by atoms with Gasteiger partial charge in [-0.25, -0.2) is 0 Å². The van der Waals surface area contributed by atoms with E-state index in [9.17, 15) is 5.11 Å². The Morgan fingerprint density at radius 3 is 2.79 bits per heavy atom. The molecule has 2 aliphatic carbocycles. The van der Waals surface area contributed by atoms with Crippen LogP contribution in [0.4, 0.5) is 5.13 Å². The predicted octanol–water partition coefficient (Wildman–Crippen LogP) is 3.08. The number of aromatic nitrogens is 4. The summed E-state index contributed by atoms with van der Waals surface area (Å²) in [6, 6.07) is 7.76. The fourth-order valence-corrected chi connectivity index (χ4v) is 5.02. The number of aromatic hydroxyl groups is 1. The van der Waals surface area contributed by atoms with Crippen molar-refractivity contribution < 1.29 is 5.11 Å². The molecule has 3 aromatic rings. The zero-order valence-corrected chi connectivity index (χ0v) is 14.0. The van der Waals surface area contributed by atoms with Gasteiger partial charge < -0.3 is 10.4 Å². The van der Waals surface area contributed by atoms with E-state index >= 15 is 0 Å². The van der Waals surface area contributed by atoms with E-state index in [0.29, 0.717) is 12.5 Å². The van der Waals surface area contributed by atoms with Gasteiger partial charge in [-0.3, -0.25) is 0 Å². The molecule has 2 N–H and O–H groups in total. The van der Waals surface area contributed by atoms with E-state index in [2.05, 4.69) is 20.6 Å². The van der Waals surface area contributed by atoms with Crippen LogP contribution in [-0.2, 0) is 6.42 Å². The Bertz CT molecular complexity index is 871. The Kier molecular flexibility index (Phi) is 3.22. The van der Waals surface area contributed by atoms with Gasteiger partial charge in [0.05, 0.1) is 0 Å². The molecular formula is C17H19N5OS. The van der Waals surface area contributed by atoms with Crippen LogP contribution in [0.5, 0.6) is 5.75 Å². The summed E-state index contributed by atoms with van der Waals surface area (Å²) in [4.78, 5) is 0.828. The average molecular weight is 341 g/mol. The summed E-state index contributed by atoms with van der Waals surface area (Å²) in [5.41, 5.74) is 1.08. The molecule has 2 aliphatic rings. The highest BCUT2D eigenvalue weighted by atomic mass is 32.1. The first-order valence-corrected chi connectivity index (χ1v) is 9.32. The summed E-state index contributed by atoms with van der Waals surface area (Å²) in [5, 5.41) is 27.2. The zero-order chi connectivity index (χ0) is 16.1. The van der Waals surface area contributed by atoms with Crippen molar-refractivity contribution in [3.8, 4) is 5.75 Å². The molecule has 2 bridgehead atoms. The lowest BCUT2D eigenvalue weighted by Gasteiger charge is -2.22. The highest BCUT2D eigenvalue weighted by Gasteiger charge is 2.39. The second-order valence-corrected chi connectivity index (χ2v) is 7.94. The SMILES string of the molecule is Oc1ccc(Cc2nnc3sc(NC4CC5CCC4C5)nn23)cc1. The first-order chi connectivity index (χ1) is 11.7. The zero-order valence-electron chi connectivity index (χ0n) is 13.2. The minimum absolute atomic E-state index is 0.274. The number of nitrogens with one attached hydrogen (secondary N) is 1. The molecule has 5 rings (SSSR count). The first-order valence-electron chi connectivity index (χ1n) is 8.50. The summed E-state index contributed by atoms with van der Waals surface area (Å²) in [5.74, 6) is 2.84. The molecule has 3 unspecified atom stereocenters. The van der Waals surface area contributed by atoms with E-state index in [-0.39, 0.29) is 5.75 Å². The molecule has 7 heteroatoms. The smallest absolute Gasteiger partial charge is 0.236 e. The van der Waals surface area contributed by atoms with Gasteiger partial charge in [-0.15, -0.1) is 15.3 Å². The number of anilines is 1. The molecule has 2 aromatic heterocycles. The van der Waals surface area contributed by atoms with Crippen molar-refractivity contribution in [3.05, 3.63) is 35.7 Å². The Morgan fingerprint density at radius 2 is 2.04 bits per heavy atom. The first kappa shape index (κ1) is 14.2. The van der Waals surface area contributed by atoms with Crippen molar-refractivity contribution in [2.75, 3.05) is 5.32 Å². The predicted molar refractivity (Wildman–Crippen MR) is 92.4 cm³/mol. The quantitative estimate of drug-likeness (QED) is 0.763. The van der Waals surface area contributed by atoms with Crippen LogP contribution in [0.1, 0.15) is 37.1 Å². The minimum atomic E-state index is 0.274. The van der Waals surface area contributed by atoms with Crippen molar-refractivity contribution in [2.45, 2.75) is 38.1 Å². The molecule has 2 fully saturated rings. The van der Waals surface area contributed by atoms with E-state index < -0.39 is 0 Å². The maximum absolute atomic E-state index is 9.39. The van der Waals surface area contributed by atoms with Crippen LogP contribution in [0.25, 0.3) is 4.96 Å². The second kappa shape index (κ2) is 5.44. The average Bonchev–Trinajstić information content (AvgIpc) is 3.32. The molecule has 0 spiro atoms. The van der Waals surface area contributed by atoms with Gasteiger partial charge in [-0.2, -0.15) is 4.52 Å². The van der Waals surface area contributed by atoms with Crippen LogP contribution in [0.3, 0.4) is 0 Å². The number of phenols is 1. The molecular weight excluding hydrogens is 322 g/mol. The number of hydrogen-bond donors (Lipinski definition) is 2. The number of benzene rings is 1. The van der Waals surface area contributed by atoms with E-state index in [1.165, 1.54) is 25.7 Å². The Morgan fingerprint density at radius 1 is 1.17 bits per heavy atom. The van der Waals surface area contributed by atoms with Crippen LogP contribution in [0, 0.1) is 11.8 Å². The van der Waals surface area contributed by atoms with Gasteiger partial charge in [0.1, 0.15) is 5.75 Å². The van der Waals surface area contributed by atoms with Gasteiger partial charge in [0.2, 0.25) is 10.1 Å². The third-order valence-corrected chi connectivity index (χ3v) is 6.23. The maximum atomic E-state index is 9.39. The monoisotopic (exact) mass is 341 g/mol. The van der Waals surface area contributed by atoms with Gasteiger partial charge in [-0.05, 0) is 48.8 Å². The summed E-state index contributed by atoms with van der Waals surface area (Å²) in [6.07, 6.45) is 6.08. The van der Waals surface area contributed by atoms with Crippen molar-refractivity contribution >= 4 is 21.4 Å². The molecule has 2 heterocycles. The van der Waals surface area contributed by atoms with Gasteiger partial charge in [0, 0.05) is 12.5 Å². The molecule has 2 saturated carbocycles. The topological polar surface area (TPSA) is 75.3 Å². The highest BCUT2D eigenvalue weighted by molar-refractivity contribution is 7.20. The standard InChI is InChI=1S/C17H19N5OS/c23-13-5-2-10(3-6-13)9-15-19-20-17-22(15)21-16(24-17)18-14-8-11-1-4-12(14)7-11/h2-3,5-6,11-12,14,23H,1,4,7-9H2,(H,18,21). The van der Waals surface area contributed by atoms with Gasteiger partial charge in [0.25, 0.3) is 0 Å². The lowest BCUT2D eigenvalue weighted by atomic mass is 9.96. The molecule has 0 aliphatic heterocycles. The maximum Gasteiger partial charge on any atom is 0.236 e. The number of rotatable bonds is 4. The Labute approximate surface area is 143 Å². The number of nitrogens with zero attached hydrogens (tertiary/aromatic N) is 4. The molecule has 3 atom stereocenters. The van der Waals surface area contributed by atoms with E-state index in [4.69, 9.17) is 0 Å². The van der Waals surface area contributed by atoms with E-state index in [0.717, 1.165) is 33.3 Å². The Balaban J connectivity index is 1.36. The van der Waals surface area contributed by atoms with Crippen LogP contribution >= 0.6 is 11.3 Å². The summed E-state index contributed by atoms with van der Waals surface area (Å²) in [6.45, 7) is 0. The second-order valence-electron chi connectivity index (χ2n) is 6.99. The molecule has 0 saturated heterocycles. The van der Waals surface area contributed by atoms with Crippen molar-refractivity contribution in [1.29, 1.82) is 0 Å². The number of fused-ring (bicyclic) bond motifs is 3. The lowest BCUT2D eigenvalue weighted by Crippen LogP contribution is -2.25. The number of hydrogen-bond acceptors (Lipinski definition) is 6. The fraction of sp³-hybridized carbons (Fsp3) is 0.471. The third kappa shape index (κ3) is 2.43. The number of phenolic OH excluding ortho intramolecular Hbond substituents is 1. The van der Waals surface area contributed by atoms with E-state index in [1.54, 1.807) is 23.5 Å². The molecule has 6 nitrogen and oxygen atoms in total. The van der Waals surface area contributed by atoms with Crippen molar-refractivity contribution in [2.24, 2.45) is 11.8 Å². The molecule has 0 amide bonds. The van der Waals surface area contributed by atoms with Crippen LogP contribution < -0.4 is 5.32 Å². The van der Waals surface area contributed by atoms with Crippen molar-refractivity contribution in [1.82, 2.24) is 19.8 Å². The van der Waals surface area contributed by atoms with Crippen LogP contribution in [-0.4, -0.2) is 31.0 Å². The van der Waals surface area contributed by atoms with Crippen molar-refractivity contribution in [3.63, 3.8) is 0 Å². The molecule has 1 aromatic carbocycles. The fourth-order valence-electron chi connectivity index (χ4n) is 4.20. The highest BCUT2D eigenvalue weighted by Crippen LogP contribution is 2.45. The third-order valence-electron chi connectivity index (χ3n) is 5.40. The van der Waals surface area contributed by atoms with Crippen LogP contribution in [0.15, 0.2) is 24.3 Å². The minimum Gasteiger partial charge on any atom is -0.508 e. The van der Waals surface area contributed by atoms with Gasteiger partial charge in [-0.1, -0.05) is 29.9 Å². The molecule has 0 radical (unpaired) electrons. The van der Waals surface area contributed by atoms with E-state index in [1.807, 2.05) is 16.6 Å². The van der Waals surface area contributed by atoms with Gasteiger partial charge >= 0.3 is 0 Å². The molecule has 124 valence electrons. The summed E-state index contributed by atoms with van der Waals surface area (Å²) >= 11 is 1.57. The lowest BCUT2D eigenvalue weighted by molar-refractivity contribution is 0.439. The Hall–Kier alpha value is -2.15. The van der Waals surface area contributed by atoms with Crippen LogP contribution in [0.2, 0.25) is 0 Å². The normalized spacial score (nSPS) is 25.6. The molecule has 24 heavy (non-hydrogen) atoms. The summed E-state index contributed by atoms with van der Waals surface area (Å²) < 4.78 is 1.84. The van der Waals surface area contributed by atoms with Gasteiger partial charge in [0.15, 0.2) is 5.82 Å². The summed E-state index contributed by atoms with van der Waals surface area (Å²) in [7, 11) is 0.